The molecule has 1 aliphatic rings. The summed E-state index contributed by atoms with van der Waals surface area (Å²) in [4.78, 5) is 22.7. The number of benzene rings is 2. The maximum absolute atomic E-state index is 12.2. The predicted octanol–water partition coefficient (Wildman–Crippen LogP) is 1.83. The Kier molecular flexibility index (Phi) is 5.45. The number of rotatable bonds is 6. The maximum Gasteiger partial charge on any atom is 0.269 e. The van der Waals surface area contributed by atoms with Crippen LogP contribution in [0.25, 0.3) is 0 Å². The molecule has 1 saturated heterocycles. The number of carbonyl (C=O) groups excluding carboxylic acids is 1. The summed E-state index contributed by atoms with van der Waals surface area (Å²) >= 11 is 0. The average Bonchev–Trinajstić information content (AvgIpc) is 3.10. The molecule has 2 aromatic carbocycles. The highest BCUT2D eigenvalue weighted by molar-refractivity contribution is 5.78. The molecule has 136 valence electrons. The Hall–Kier alpha value is -2.97. The Morgan fingerprint density at radius 1 is 1.27 bits per heavy atom. The third-order valence-corrected chi connectivity index (χ3v) is 4.25. The lowest BCUT2D eigenvalue weighted by Gasteiger charge is -2.12. The molecular formula is C18H20N4O4. The van der Waals surface area contributed by atoms with Crippen LogP contribution in [0.15, 0.2) is 48.5 Å². The van der Waals surface area contributed by atoms with Crippen molar-refractivity contribution in [1.82, 2.24) is 16.2 Å². The van der Waals surface area contributed by atoms with E-state index in [0.717, 1.165) is 16.9 Å². The fraction of sp³-hybridized carbons (Fsp3) is 0.278. The molecular weight excluding hydrogens is 336 g/mol. The Balaban J connectivity index is 1.54. The van der Waals surface area contributed by atoms with Gasteiger partial charge in [0.25, 0.3) is 5.69 Å². The Morgan fingerprint density at radius 3 is 2.73 bits per heavy atom. The van der Waals surface area contributed by atoms with Gasteiger partial charge in [-0.3, -0.25) is 14.9 Å². The molecule has 0 bridgehead atoms. The third kappa shape index (κ3) is 4.35. The van der Waals surface area contributed by atoms with Crippen molar-refractivity contribution in [3.63, 3.8) is 0 Å². The summed E-state index contributed by atoms with van der Waals surface area (Å²) in [5, 5.41) is 13.8. The summed E-state index contributed by atoms with van der Waals surface area (Å²) in [6.07, 6.45) is 0.615. The van der Waals surface area contributed by atoms with E-state index in [1.807, 2.05) is 30.3 Å². The Morgan fingerprint density at radius 2 is 2.04 bits per heavy atom. The lowest BCUT2D eigenvalue weighted by atomic mass is 10.0. The van der Waals surface area contributed by atoms with Gasteiger partial charge in [0.05, 0.1) is 24.6 Å². The second-order valence-electron chi connectivity index (χ2n) is 6.07. The van der Waals surface area contributed by atoms with Crippen LogP contribution in [-0.2, 0) is 11.2 Å². The van der Waals surface area contributed by atoms with E-state index in [9.17, 15) is 14.9 Å². The second kappa shape index (κ2) is 7.94. The first-order valence-corrected chi connectivity index (χ1v) is 8.23. The van der Waals surface area contributed by atoms with Gasteiger partial charge in [-0.15, -0.1) is 0 Å². The molecule has 0 radical (unpaired) electrons. The highest BCUT2D eigenvalue weighted by Gasteiger charge is 2.27. The quantitative estimate of drug-likeness (QED) is 0.539. The van der Waals surface area contributed by atoms with E-state index in [2.05, 4.69) is 16.2 Å². The summed E-state index contributed by atoms with van der Waals surface area (Å²) in [5.74, 6) is 0.643. The molecule has 3 rings (SSSR count). The van der Waals surface area contributed by atoms with Crippen LogP contribution in [0.4, 0.5) is 5.69 Å². The number of carbonyl (C=O) groups is 1. The SMILES string of the molecule is COc1ccc(CC(=O)NC2CC(c3cccc([N+](=O)[O-])c3)NN2)cc1. The van der Waals surface area contributed by atoms with Crippen LogP contribution in [0.5, 0.6) is 5.75 Å². The van der Waals surface area contributed by atoms with E-state index < -0.39 is 4.92 Å². The molecule has 8 nitrogen and oxygen atoms in total. The number of methoxy groups -OCH3 is 1. The van der Waals surface area contributed by atoms with E-state index in [4.69, 9.17) is 4.74 Å². The number of nitrogens with zero attached hydrogens (tertiary/aromatic N) is 1. The molecule has 26 heavy (non-hydrogen) atoms. The summed E-state index contributed by atoms with van der Waals surface area (Å²) in [5.41, 5.74) is 7.84. The van der Waals surface area contributed by atoms with Crippen LogP contribution in [0.2, 0.25) is 0 Å². The second-order valence-corrected chi connectivity index (χ2v) is 6.07. The van der Waals surface area contributed by atoms with Gasteiger partial charge in [-0.1, -0.05) is 24.3 Å². The fourth-order valence-corrected chi connectivity index (χ4v) is 2.90. The average molecular weight is 356 g/mol. The molecule has 2 unspecified atom stereocenters. The van der Waals surface area contributed by atoms with E-state index in [-0.39, 0.29) is 30.2 Å². The molecule has 0 aromatic heterocycles. The number of non-ortho nitro benzene ring substituents is 1. The van der Waals surface area contributed by atoms with Crippen molar-refractivity contribution >= 4 is 11.6 Å². The minimum atomic E-state index is -0.417. The largest absolute Gasteiger partial charge is 0.497 e. The first kappa shape index (κ1) is 17.8. The van der Waals surface area contributed by atoms with Gasteiger partial charge in [-0.25, -0.2) is 10.9 Å². The lowest BCUT2D eigenvalue weighted by Crippen LogP contribution is -2.44. The Bertz CT molecular complexity index is 794. The van der Waals surface area contributed by atoms with Crippen molar-refractivity contribution in [2.75, 3.05) is 7.11 Å². The molecule has 2 aromatic rings. The highest BCUT2D eigenvalue weighted by Crippen LogP contribution is 2.24. The fourth-order valence-electron chi connectivity index (χ4n) is 2.90. The van der Waals surface area contributed by atoms with E-state index >= 15 is 0 Å². The first-order valence-electron chi connectivity index (χ1n) is 8.23. The van der Waals surface area contributed by atoms with Gasteiger partial charge in [0, 0.05) is 24.6 Å². The summed E-state index contributed by atoms with van der Waals surface area (Å²) in [7, 11) is 1.60. The molecule has 2 atom stereocenters. The monoisotopic (exact) mass is 356 g/mol. The van der Waals surface area contributed by atoms with Crippen LogP contribution in [0, 0.1) is 10.1 Å². The molecule has 1 amide bonds. The van der Waals surface area contributed by atoms with Crippen molar-refractivity contribution in [2.45, 2.75) is 25.0 Å². The normalized spacial score (nSPS) is 19.1. The van der Waals surface area contributed by atoms with Crippen LogP contribution in [0.1, 0.15) is 23.6 Å². The van der Waals surface area contributed by atoms with Crippen LogP contribution < -0.4 is 20.9 Å². The number of hydrogen-bond acceptors (Lipinski definition) is 6. The molecule has 1 heterocycles. The minimum absolute atomic E-state index is 0.0521. The number of nitro groups is 1. The zero-order chi connectivity index (χ0) is 18.5. The van der Waals surface area contributed by atoms with Crippen LogP contribution >= 0.6 is 0 Å². The van der Waals surface area contributed by atoms with Gasteiger partial charge in [0.1, 0.15) is 5.75 Å². The number of nitro benzene ring substituents is 1. The molecule has 0 saturated carbocycles. The number of hydrazine groups is 1. The zero-order valence-corrected chi connectivity index (χ0v) is 14.3. The molecule has 3 N–H and O–H groups in total. The van der Waals surface area contributed by atoms with Crippen molar-refractivity contribution in [3.8, 4) is 5.75 Å². The zero-order valence-electron chi connectivity index (χ0n) is 14.3. The summed E-state index contributed by atoms with van der Waals surface area (Å²) in [6.45, 7) is 0. The van der Waals surface area contributed by atoms with Crippen molar-refractivity contribution < 1.29 is 14.5 Å². The summed E-state index contributed by atoms with van der Waals surface area (Å²) < 4.78 is 5.10. The van der Waals surface area contributed by atoms with Crippen molar-refractivity contribution in [3.05, 3.63) is 69.8 Å². The van der Waals surface area contributed by atoms with E-state index in [1.165, 1.54) is 6.07 Å². The molecule has 0 aliphatic carbocycles. The highest BCUT2D eigenvalue weighted by atomic mass is 16.6. The van der Waals surface area contributed by atoms with Gasteiger partial charge >= 0.3 is 0 Å². The smallest absolute Gasteiger partial charge is 0.269 e. The number of ether oxygens (including phenoxy) is 1. The Labute approximate surface area is 150 Å². The maximum atomic E-state index is 12.2. The molecule has 8 heteroatoms. The van der Waals surface area contributed by atoms with E-state index in [1.54, 1.807) is 19.2 Å². The molecule has 1 fully saturated rings. The minimum Gasteiger partial charge on any atom is -0.497 e. The third-order valence-electron chi connectivity index (χ3n) is 4.25. The number of hydrogen-bond donors (Lipinski definition) is 3. The topological polar surface area (TPSA) is 106 Å². The van der Waals surface area contributed by atoms with Gasteiger partial charge in [0.15, 0.2) is 0 Å². The van der Waals surface area contributed by atoms with Gasteiger partial charge < -0.3 is 10.1 Å². The first-order chi connectivity index (χ1) is 12.5. The summed E-state index contributed by atoms with van der Waals surface area (Å²) in [6, 6.07) is 13.7. The van der Waals surface area contributed by atoms with Crippen molar-refractivity contribution in [1.29, 1.82) is 0 Å². The lowest BCUT2D eigenvalue weighted by molar-refractivity contribution is -0.384. The van der Waals surface area contributed by atoms with Gasteiger partial charge in [-0.05, 0) is 23.3 Å². The molecule has 0 spiro atoms. The molecule has 1 aliphatic heterocycles. The standard InChI is InChI=1S/C18H20N4O4/c1-26-15-7-5-12(6-8-15)9-18(23)19-17-11-16(20-21-17)13-3-2-4-14(10-13)22(24)25/h2-8,10,16-17,20-21H,9,11H2,1H3,(H,19,23). The number of nitrogens with one attached hydrogen (secondary N) is 3. The number of amides is 1. The van der Waals surface area contributed by atoms with E-state index in [0.29, 0.717) is 6.42 Å². The van der Waals surface area contributed by atoms with Crippen LogP contribution in [-0.4, -0.2) is 24.1 Å². The predicted molar refractivity (Wildman–Crippen MR) is 95.4 cm³/mol. The van der Waals surface area contributed by atoms with Gasteiger partial charge in [-0.2, -0.15) is 0 Å². The van der Waals surface area contributed by atoms with Crippen LogP contribution in [0.3, 0.4) is 0 Å². The van der Waals surface area contributed by atoms with Gasteiger partial charge in [0.2, 0.25) is 5.91 Å². The van der Waals surface area contributed by atoms with Crippen molar-refractivity contribution in [2.24, 2.45) is 0 Å².